The summed E-state index contributed by atoms with van der Waals surface area (Å²) in [6, 6.07) is 8.05. The molecule has 0 aliphatic carbocycles. The highest BCUT2D eigenvalue weighted by atomic mass is 35.5. The fourth-order valence-electron chi connectivity index (χ4n) is 1.51. The first kappa shape index (κ1) is 14.5. The van der Waals surface area contributed by atoms with Crippen molar-refractivity contribution in [3.8, 4) is 0 Å². The topological polar surface area (TPSA) is 67.4 Å². The molecular formula is C13H11ClN2O3S. The maximum absolute atomic E-state index is 11.9. The second-order valence-corrected chi connectivity index (χ2v) is 5.12. The molecule has 7 heteroatoms. The molecule has 2 rings (SSSR count). The van der Waals surface area contributed by atoms with E-state index in [-0.39, 0.29) is 5.91 Å². The van der Waals surface area contributed by atoms with Crippen molar-refractivity contribution in [3.05, 3.63) is 51.2 Å². The molecule has 5 nitrogen and oxygen atoms in total. The molecular weight excluding hydrogens is 300 g/mol. The summed E-state index contributed by atoms with van der Waals surface area (Å²) in [6.45, 7) is 0. The van der Waals surface area contributed by atoms with E-state index in [1.807, 2.05) is 0 Å². The monoisotopic (exact) mass is 310 g/mol. The molecule has 0 saturated heterocycles. The van der Waals surface area contributed by atoms with Crippen LogP contribution in [0.15, 0.2) is 35.7 Å². The van der Waals surface area contributed by atoms with Crippen molar-refractivity contribution in [1.29, 1.82) is 0 Å². The van der Waals surface area contributed by atoms with Crippen molar-refractivity contribution in [3.63, 3.8) is 0 Å². The van der Waals surface area contributed by atoms with Crippen LogP contribution in [0, 0.1) is 0 Å². The molecule has 0 atom stereocenters. The van der Waals surface area contributed by atoms with Crippen LogP contribution in [0.25, 0.3) is 0 Å². The average Bonchev–Trinajstić information content (AvgIpc) is 2.95. The first-order valence-electron chi connectivity index (χ1n) is 5.59. The van der Waals surface area contributed by atoms with Crippen LogP contribution in [-0.4, -0.2) is 18.9 Å². The lowest BCUT2D eigenvalue weighted by molar-refractivity contribution is 0.0537. The number of thiophene rings is 1. The summed E-state index contributed by atoms with van der Waals surface area (Å²) in [5.41, 5.74) is 2.90. The summed E-state index contributed by atoms with van der Waals surface area (Å²) >= 11 is 7.33. The van der Waals surface area contributed by atoms with E-state index in [2.05, 4.69) is 15.6 Å². The number of carbonyl (C=O) groups excluding carboxylic acids is 2. The molecule has 1 heterocycles. The van der Waals surface area contributed by atoms with Crippen LogP contribution in [-0.2, 0) is 4.84 Å². The lowest BCUT2D eigenvalue weighted by atomic mass is 10.2. The largest absolute Gasteiger partial charge is 0.320 e. The molecule has 0 unspecified atom stereocenters. The standard InChI is InChI=1S/C13H11ClN2O3S/c1-19-16-12(17)8-4-5-9(14)10(7-8)15-13(18)11-3-2-6-20-11/h2-7H,1H3,(H,15,18)(H,16,17). The van der Waals surface area contributed by atoms with Gasteiger partial charge in [0, 0.05) is 5.56 Å². The van der Waals surface area contributed by atoms with Gasteiger partial charge < -0.3 is 5.32 Å². The van der Waals surface area contributed by atoms with E-state index in [0.717, 1.165) is 0 Å². The van der Waals surface area contributed by atoms with Crippen molar-refractivity contribution in [2.45, 2.75) is 0 Å². The Morgan fingerprint density at radius 2 is 2.05 bits per heavy atom. The molecule has 2 amide bonds. The average molecular weight is 311 g/mol. The quantitative estimate of drug-likeness (QED) is 0.853. The van der Waals surface area contributed by atoms with Crippen molar-refractivity contribution in [2.75, 3.05) is 12.4 Å². The third-order valence-corrected chi connectivity index (χ3v) is 3.61. The van der Waals surface area contributed by atoms with Gasteiger partial charge in [0.15, 0.2) is 0 Å². The van der Waals surface area contributed by atoms with Crippen LogP contribution in [0.4, 0.5) is 5.69 Å². The van der Waals surface area contributed by atoms with Gasteiger partial charge in [-0.2, -0.15) is 0 Å². The molecule has 1 aromatic carbocycles. The highest BCUT2D eigenvalue weighted by Gasteiger charge is 2.12. The van der Waals surface area contributed by atoms with Crippen LogP contribution in [0.2, 0.25) is 5.02 Å². The molecule has 0 spiro atoms. The van der Waals surface area contributed by atoms with E-state index in [1.165, 1.54) is 36.6 Å². The van der Waals surface area contributed by atoms with Gasteiger partial charge in [-0.15, -0.1) is 11.3 Å². The summed E-state index contributed by atoms with van der Waals surface area (Å²) in [6.07, 6.45) is 0. The predicted octanol–water partition coefficient (Wildman–Crippen LogP) is 2.95. The number of carbonyl (C=O) groups is 2. The normalized spacial score (nSPS) is 10.1. The first-order chi connectivity index (χ1) is 9.61. The molecule has 1 aromatic heterocycles. The Hall–Kier alpha value is -1.89. The minimum Gasteiger partial charge on any atom is -0.320 e. The minimum absolute atomic E-state index is 0.272. The van der Waals surface area contributed by atoms with Gasteiger partial charge in [0.25, 0.3) is 11.8 Å². The number of hydrogen-bond acceptors (Lipinski definition) is 4. The molecule has 0 saturated carbocycles. The molecule has 0 aliphatic heterocycles. The van der Waals surface area contributed by atoms with Crippen molar-refractivity contribution < 1.29 is 14.4 Å². The lowest BCUT2D eigenvalue weighted by Gasteiger charge is -2.08. The van der Waals surface area contributed by atoms with E-state index < -0.39 is 5.91 Å². The second-order valence-electron chi connectivity index (χ2n) is 3.76. The molecule has 2 N–H and O–H groups in total. The molecule has 0 radical (unpaired) electrons. The fourth-order valence-corrected chi connectivity index (χ4v) is 2.29. The number of halogens is 1. The van der Waals surface area contributed by atoms with Gasteiger partial charge in [0.2, 0.25) is 0 Å². The Balaban J connectivity index is 2.21. The number of anilines is 1. The van der Waals surface area contributed by atoms with Gasteiger partial charge in [0.05, 0.1) is 22.7 Å². The summed E-state index contributed by atoms with van der Waals surface area (Å²) in [4.78, 5) is 28.7. The summed E-state index contributed by atoms with van der Waals surface area (Å²) in [7, 11) is 1.34. The number of hydrogen-bond donors (Lipinski definition) is 2. The van der Waals surface area contributed by atoms with E-state index in [9.17, 15) is 9.59 Å². The molecule has 2 aromatic rings. The molecule has 104 valence electrons. The van der Waals surface area contributed by atoms with Crippen molar-refractivity contribution >= 4 is 40.4 Å². The van der Waals surface area contributed by atoms with Gasteiger partial charge in [-0.3, -0.25) is 14.4 Å². The van der Waals surface area contributed by atoms with E-state index >= 15 is 0 Å². The Labute approximate surface area is 124 Å². The van der Waals surface area contributed by atoms with Crippen LogP contribution in [0.1, 0.15) is 20.0 Å². The zero-order valence-electron chi connectivity index (χ0n) is 10.5. The SMILES string of the molecule is CONC(=O)c1ccc(Cl)c(NC(=O)c2cccs2)c1. The lowest BCUT2D eigenvalue weighted by Crippen LogP contribution is -2.22. The van der Waals surface area contributed by atoms with E-state index in [4.69, 9.17) is 11.6 Å². The zero-order chi connectivity index (χ0) is 14.5. The van der Waals surface area contributed by atoms with Crippen LogP contribution < -0.4 is 10.8 Å². The number of nitrogens with one attached hydrogen (secondary N) is 2. The molecule has 0 bridgehead atoms. The Morgan fingerprint density at radius 3 is 2.70 bits per heavy atom. The minimum atomic E-state index is -0.421. The van der Waals surface area contributed by atoms with Crippen LogP contribution >= 0.6 is 22.9 Å². The summed E-state index contributed by atoms with van der Waals surface area (Å²) in [5, 5.41) is 4.82. The van der Waals surface area contributed by atoms with Gasteiger partial charge in [-0.05, 0) is 29.6 Å². The summed E-state index contributed by atoms with van der Waals surface area (Å²) < 4.78 is 0. The maximum Gasteiger partial charge on any atom is 0.274 e. The Bertz CT molecular complexity index is 629. The molecule has 20 heavy (non-hydrogen) atoms. The summed E-state index contributed by atoms with van der Waals surface area (Å²) in [5.74, 6) is -0.693. The van der Waals surface area contributed by atoms with Gasteiger partial charge in [-0.1, -0.05) is 17.7 Å². The first-order valence-corrected chi connectivity index (χ1v) is 6.85. The van der Waals surface area contributed by atoms with Crippen molar-refractivity contribution in [1.82, 2.24) is 5.48 Å². The highest BCUT2D eigenvalue weighted by molar-refractivity contribution is 7.12. The third kappa shape index (κ3) is 3.36. The van der Waals surface area contributed by atoms with E-state index in [0.29, 0.717) is 21.2 Å². The van der Waals surface area contributed by atoms with E-state index in [1.54, 1.807) is 17.5 Å². The van der Waals surface area contributed by atoms with Gasteiger partial charge >= 0.3 is 0 Å². The van der Waals surface area contributed by atoms with Gasteiger partial charge in [0.1, 0.15) is 0 Å². The highest BCUT2D eigenvalue weighted by Crippen LogP contribution is 2.24. The molecule has 0 aliphatic rings. The molecule has 0 fully saturated rings. The maximum atomic E-state index is 11.9. The van der Waals surface area contributed by atoms with Crippen LogP contribution in [0.3, 0.4) is 0 Å². The van der Waals surface area contributed by atoms with Gasteiger partial charge in [-0.25, -0.2) is 5.48 Å². The predicted molar refractivity (Wildman–Crippen MR) is 78.2 cm³/mol. The smallest absolute Gasteiger partial charge is 0.274 e. The number of hydroxylamine groups is 1. The zero-order valence-corrected chi connectivity index (χ0v) is 12.0. The van der Waals surface area contributed by atoms with Crippen molar-refractivity contribution in [2.24, 2.45) is 0 Å². The number of amides is 2. The van der Waals surface area contributed by atoms with Crippen LogP contribution in [0.5, 0.6) is 0 Å². The third-order valence-electron chi connectivity index (χ3n) is 2.42. The fraction of sp³-hybridized carbons (Fsp3) is 0.0769. The Kier molecular flexibility index (Phi) is 4.73. The Morgan fingerprint density at radius 1 is 1.25 bits per heavy atom. The number of benzene rings is 1. The number of rotatable bonds is 4. The second kappa shape index (κ2) is 6.51.